The van der Waals surface area contributed by atoms with Gasteiger partial charge in [-0.3, -0.25) is 0 Å². The van der Waals surface area contributed by atoms with Crippen molar-refractivity contribution in [1.29, 1.82) is 0 Å². The van der Waals surface area contributed by atoms with E-state index in [0.717, 1.165) is 32.1 Å². The number of ether oxygens (including phenoxy) is 1. The molecule has 0 heterocycles. The van der Waals surface area contributed by atoms with E-state index in [0.29, 0.717) is 0 Å². The highest BCUT2D eigenvalue weighted by molar-refractivity contribution is 4.74. The van der Waals surface area contributed by atoms with Gasteiger partial charge in [-0.1, -0.05) is 26.2 Å². The van der Waals surface area contributed by atoms with Crippen LogP contribution in [0.15, 0.2) is 0 Å². The topological polar surface area (TPSA) is 21.3 Å². The third kappa shape index (κ3) is 5.86. The predicted molar refractivity (Wildman–Crippen MR) is 69.8 cm³/mol. The molecule has 96 valence electrons. The van der Waals surface area contributed by atoms with E-state index in [1.165, 1.54) is 32.1 Å². The Balaban J connectivity index is 1.95. The summed E-state index contributed by atoms with van der Waals surface area (Å²) in [6, 6.07) is 0. The minimum Gasteiger partial charge on any atom is -0.380 e. The van der Waals surface area contributed by atoms with Crippen LogP contribution in [0.2, 0.25) is 0 Å². The van der Waals surface area contributed by atoms with Crippen LogP contribution >= 0.6 is 0 Å². The first-order valence-electron chi connectivity index (χ1n) is 6.97. The van der Waals surface area contributed by atoms with Gasteiger partial charge in [-0.05, 0) is 39.0 Å². The zero-order valence-electron chi connectivity index (χ0n) is 11.3. The van der Waals surface area contributed by atoms with Crippen molar-refractivity contribution in [2.24, 2.45) is 5.92 Å². The third-order valence-corrected chi connectivity index (χ3v) is 3.81. The van der Waals surface area contributed by atoms with Crippen molar-refractivity contribution in [3.8, 4) is 0 Å². The molecule has 1 N–H and O–H groups in total. The Kier molecular flexibility index (Phi) is 6.37. The van der Waals surface area contributed by atoms with Gasteiger partial charge < -0.3 is 10.1 Å². The zero-order chi connectivity index (χ0) is 11.9. The van der Waals surface area contributed by atoms with E-state index < -0.39 is 0 Å². The monoisotopic (exact) mass is 227 g/mol. The first-order valence-corrected chi connectivity index (χ1v) is 6.97. The lowest BCUT2D eigenvalue weighted by Gasteiger charge is -2.25. The quantitative estimate of drug-likeness (QED) is 0.673. The molecule has 0 unspecified atom stereocenters. The molecule has 0 aliphatic heterocycles. The van der Waals surface area contributed by atoms with Crippen LogP contribution in [-0.4, -0.2) is 25.3 Å². The van der Waals surface area contributed by atoms with Crippen molar-refractivity contribution in [1.82, 2.24) is 5.32 Å². The molecular weight excluding hydrogens is 198 g/mol. The van der Waals surface area contributed by atoms with Crippen molar-refractivity contribution >= 4 is 0 Å². The maximum atomic E-state index is 5.75. The molecule has 16 heavy (non-hydrogen) atoms. The summed E-state index contributed by atoms with van der Waals surface area (Å²) in [4.78, 5) is 0. The molecule has 0 radical (unpaired) electrons. The molecule has 1 saturated carbocycles. The number of rotatable bonds is 7. The molecule has 0 saturated heterocycles. The van der Waals surface area contributed by atoms with Gasteiger partial charge >= 0.3 is 0 Å². The molecule has 2 heteroatoms. The summed E-state index contributed by atoms with van der Waals surface area (Å²) < 4.78 is 5.75. The zero-order valence-corrected chi connectivity index (χ0v) is 11.3. The van der Waals surface area contributed by atoms with Gasteiger partial charge in [0.05, 0.1) is 6.61 Å². The Morgan fingerprint density at radius 1 is 1.19 bits per heavy atom. The van der Waals surface area contributed by atoms with E-state index >= 15 is 0 Å². The fourth-order valence-corrected chi connectivity index (χ4v) is 2.19. The molecule has 2 nitrogen and oxygen atoms in total. The van der Waals surface area contributed by atoms with Gasteiger partial charge in [-0.25, -0.2) is 0 Å². The molecule has 0 spiro atoms. The van der Waals surface area contributed by atoms with Crippen LogP contribution < -0.4 is 5.32 Å². The molecule has 1 fully saturated rings. The van der Waals surface area contributed by atoms with Gasteiger partial charge in [0.15, 0.2) is 0 Å². The van der Waals surface area contributed by atoms with Gasteiger partial charge in [-0.15, -0.1) is 0 Å². The summed E-state index contributed by atoms with van der Waals surface area (Å²) in [5, 5.41) is 3.52. The van der Waals surface area contributed by atoms with Gasteiger partial charge in [0, 0.05) is 18.7 Å². The summed E-state index contributed by atoms with van der Waals surface area (Å²) >= 11 is 0. The summed E-state index contributed by atoms with van der Waals surface area (Å²) in [6.07, 6.45) is 8.18. The van der Waals surface area contributed by atoms with Gasteiger partial charge in [0.1, 0.15) is 0 Å². The lowest BCUT2D eigenvalue weighted by molar-refractivity contribution is 0.0833. The SMILES string of the molecule is CCC(C)(C)NCCOCC1CCCCC1. The van der Waals surface area contributed by atoms with Crippen LogP contribution in [0.4, 0.5) is 0 Å². The maximum Gasteiger partial charge on any atom is 0.0591 e. The van der Waals surface area contributed by atoms with Crippen molar-refractivity contribution in [3.63, 3.8) is 0 Å². The second-order valence-electron chi connectivity index (χ2n) is 5.74. The lowest BCUT2D eigenvalue weighted by atomic mass is 9.90. The molecule has 1 rings (SSSR count). The largest absolute Gasteiger partial charge is 0.380 e. The highest BCUT2D eigenvalue weighted by atomic mass is 16.5. The van der Waals surface area contributed by atoms with E-state index in [1.807, 2.05) is 0 Å². The van der Waals surface area contributed by atoms with E-state index in [2.05, 4.69) is 26.1 Å². The predicted octanol–water partition coefficient (Wildman–Crippen LogP) is 3.36. The summed E-state index contributed by atoms with van der Waals surface area (Å²) in [6.45, 7) is 9.53. The van der Waals surface area contributed by atoms with E-state index in [-0.39, 0.29) is 5.54 Å². The fraction of sp³-hybridized carbons (Fsp3) is 1.00. The molecular formula is C14H29NO. The van der Waals surface area contributed by atoms with Crippen LogP contribution in [0.3, 0.4) is 0 Å². The second kappa shape index (κ2) is 7.29. The summed E-state index contributed by atoms with van der Waals surface area (Å²) in [7, 11) is 0. The average molecular weight is 227 g/mol. The summed E-state index contributed by atoms with van der Waals surface area (Å²) in [5.41, 5.74) is 0.258. The van der Waals surface area contributed by atoms with Crippen LogP contribution in [-0.2, 0) is 4.74 Å². The Hall–Kier alpha value is -0.0800. The fourth-order valence-electron chi connectivity index (χ4n) is 2.19. The van der Waals surface area contributed by atoms with Gasteiger partial charge in [0.2, 0.25) is 0 Å². The highest BCUT2D eigenvalue weighted by Gasteiger charge is 2.14. The smallest absolute Gasteiger partial charge is 0.0591 e. The van der Waals surface area contributed by atoms with Crippen molar-refractivity contribution < 1.29 is 4.74 Å². The summed E-state index contributed by atoms with van der Waals surface area (Å²) in [5.74, 6) is 0.841. The Bertz CT molecular complexity index is 174. The number of hydrogen-bond donors (Lipinski definition) is 1. The molecule has 1 aliphatic rings. The second-order valence-corrected chi connectivity index (χ2v) is 5.74. The van der Waals surface area contributed by atoms with Crippen LogP contribution in [0, 0.1) is 5.92 Å². The molecule has 0 aromatic rings. The lowest BCUT2D eigenvalue weighted by Crippen LogP contribution is -2.40. The number of hydrogen-bond acceptors (Lipinski definition) is 2. The van der Waals surface area contributed by atoms with Gasteiger partial charge in [-0.2, -0.15) is 0 Å². The molecule has 1 aliphatic carbocycles. The maximum absolute atomic E-state index is 5.75. The van der Waals surface area contributed by atoms with Crippen LogP contribution in [0.25, 0.3) is 0 Å². The average Bonchev–Trinajstić information content (AvgIpc) is 2.30. The van der Waals surface area contributed by atoms with E-state index in [4.69, 9.17) is 4.74 Å². The molecule has 0 amide bonds. The number of nitrogens with one attached hydrogen (secondary N) is 1. The van der Waals surface area contributed by atoms with Crippen molar-refractivity contribution in [2.45, 2.75) is 64.8 Å². The normalized spacial score (nSPS) is 18.9. The molecule has 0 aromatic carbocycles. The third-order valence-electron chi connectivity index (χ3n) is 3.81. The van der Waals surface area contributed by atoms with Crippen LogP contribution in [0.1, 0.15) is 59.3 Å². The van der Waals surface area contributed by atoms with E-state index in [9.17, 15) is 0 Å². The Morgan fingerprint density at radius 2 is 1.88 bits per heavy atom. The standard InChI is InChI=1S/C14H29NO/c1-4-14(2,3)15-10-11-16-12-13-8-6-5-7-9-13/h13,15H,4-12H2,1-3H3. The molecule has 0 aromatic heterocycles. The van der Waals surface area contributed by atoms with Crippen molar-refractivity contribution in [3.05, 3.63) is 0 Å². The van der Waals surface area contributed by atoms with Gasteiger partial charge in [0.25, 0.3) is 0 Å². The minimum atomic E-state index is 0.258. The molecule has 0 atom stereocenters. The van der Waals surface area contributed by atoms with Crippen molar-refractivity contribution in [2.75, 3.05) is 19.8 Å². The van der Waals surface area contributed by atoms with Crippen LogP contribution in [0.5, 0.6) is 0 Å². The van der Waals surface area contributed by atoms with E-state index in [1.54, 1.807) is 0 Å². The highest BCUT2D eigenvalue weighted by Crippen LogP contribution is 2.23. The first kappa shape index (κ1) is 14.0. The Morgan fingerprint density at radius 3 is 2.50 bits per heavy atom. The first-order chi connectivity index (χ1) is 7.64. The Labute approximate surface area is 101 Å². The molecule has 0 bridgehead atoms. The minimum absolute atomic E-state index is 0.258.